The molecule has 0 radical (unpaired) electrons. The molecule has 5 rings (SSSR count). The van der Waals surface area contributed by atoms with Crippen LogP contribution < -0.4 is 10.6 Å². The number of rotatable bonds is 10. The fourth-order valence-electron chi connectivity index (χ4n) is 6.66. The Morgan fingerprint density at radius 2 is 1.72 bits per heavy atom. The van der Waals surface area contributed by atoms with Crippen molar-refractivity contribution in [2.24, 2.45) is 29.1 Å². The fourth-order valence-corrected chi connectivity index (χ4v) is 6.66. The van der Waals surface area contributed by atoms with E-state index in [0.717, 1.165) is 18.4 Å². The van der Waals surface area contributed by atoms with Crippen molar-refractivity contribution in [1.82, 2.24) is 10.6 Å². The monoisotopic (exact) mass is 496 g/mol. The summed E-state index contributed by atoms with van der Waals surface area (Å²) in [5.74, 6) is 0.766. The molecule has 2 amide bonds. The van der Waals surface area contributed by atoms with Crippen LogP contribution in [0.5, 0.6) is 0 Å². The molecule has 2 bridgehead atoms. The molecule has 4 fully saturated rings. The Kier molecular flexibility index (Phi) is 7.92. The molecule has 1 aliphatic heterocycles. The summed E-state index contributed by atoms with van der Waals surface area (Å²) in [6.45, 7) is 14.9. The molecule has 1 heterocycles. The lowest BCUT2D eigenvalue weighted by atomic mass is 9.43. The van der Waals surface area contributed by atoms with E-state index in [9.17, 15) is 9.59 Å². The van der Waals surface area contributed by atoms with Crippen LogP contribution in [0.2, 0.25) is 0 Å². The average molecular weight is 497 g/mol. The highest BCUT2D eigenvalue weighted by Crippen LogP contribution is 2.65. The molecule has 4 aliphatic rings. The Labute approximate surface area is 217 Å². The van der Waals surface area contributed by atoms with Gasteiger partial charge in [-0.15, -0.1) is 0 Å². The first-order valence-electron chi connectivity index (χ1n) is 13.9. The number of carbonyl (C=O) groups excluding carboxylic acids is 2. The molecule has 6 nitrogen and oxygen atoms in total. The van der Waals surface area contributed by atoms with Crippen LogP contribution in [0.4, 0.5) is 0 Å². The summed E-state index contributed by atoms with van der Waals surface area (Å²) in [4.78, 5) is 26.2. The summed E-state index contributed by atoms with van der Waals surface area (Å²) in [6, 6.07) is 9.47. The molecule has 1 saturated heterocycles. The van der Waals surface area contributed by atoms with E-state index in [4.69, 9.17) is 9.31 Å². The first kappa shape index (κ1) is 27.2. The van der Waals surface area contributed by atoms with Gasteiger partial charge in [0.2, 0.25) is 11.8 Å². The number of carbonyl (C=O) groups is 2. The molecule has 3 aliphatic carbocycles. The van der Waals surface area contributed by atoms with E-state index in [1.54, 1.807) is 0 Å². The normalized spacial score (nSPS) is 29.9. The zero-order valence-electron chi connectivity index (χ0n) is 23.2. The van der Waals surface area contributed by atoms with Gasteiger partial charge in [0.05, 0.1) is 17.6 Å². The highest BCUT2D eigenvalue weighted by molar-refractivity contribution is 6.47. The van der Waals surface area contributed by atoms with E-state index in [1.807, 2.05) is 32.0 Å². The second-order valence-corrected chi connectivity index (χ2v) is 12.8. The molecule has 2 N–H and O–H groups in total. The van der Waals surface area contributed by atoms with E-state index in [1.165, 1.54) is 6.42 Å². The fraction of sp³-hybridized carbons (Fsp3) is 0.724. The lowest BCUT2D eigenvalue weighted by molar-refractivity contribution is -0.199. The van der Waals surface area contributed by atoms with E-state index in [-0.39, 0.29) is 40.8 Å². The van der Waals surface area contributed by atoms with Crippen LogP contribution in [0, 0.1) is 29.1 Å². The maximum absolute atomic E-state index is 13.6. The summed E-state index contributed by atoms with van der Waals surface area (Å²) >= 11 is 0. The third kappa shape index (κ3) is 5.38. The third-order valence-corrected chi connectivity index (χ3v) is 9.07. The van der Waals surface area contributed by atoms with Crippen LogP contribution >= 0.6 is 0 Å². The van der Waals surface area contributed by atoms with Crippen molar-refractivity contribution in [3.63, 3.8) is 0 Å². The van der Waals surface area contributed by atoms with Gasteiger partial charge in [-0.3, -0.25) is 9.59 Å². The smallest absolute Gasteiger partial charge is 0.404 e. The van der Waals surface area contributed by atoms with Gasteiger partial charge in [-0.25, -0.2) is 0 Å². The van der Waals surface area contributed by atoms with Crippen molar-refractivity contribution >= 4 is 18.9 Å². The molecule has 1 aromatic carbocycles. The van der Waals surface area contributed by atoms with Crippen molar-refractivity contribution in [3.05, 3.63) is 35.9 Å². The van der Waals surface area contributed by atoms with Gasteiger partial charge in [0.25, 0.3) is 0 Å². The van der Waals surface area contributed by atoms with Crippen molar-refractivity contribution in [3.8, 4) is 0 Å². The molecule has 198 valence electrons. The van der Waals surface area contributed by atoms with Crippen molar-refractivity contribution in [2.75, 3.05) is 0 Å². The predicted octanol–water partition coefficient (Wildman–Crippen LogP) is 4.56. The van der Waals surface area contributed by atoms with Gasteiger partial charge in [0, 0.05) is 5.92 Å². The van der Waals surface area contributed by atoms with Crippen LogP contribution in [0.25, 0.3) is 0 Å². The molecule has 0 aromatic heterocycles. The van der Waals surface area contributed by atoms with Gasteiger partial charge in [-0.05, 0) is 67.8 Å². The van der Waals surface area contributed by atoms with Crippen LogP contribution in [0.3, 0.4) is 0 Å². The number of benzene rings is 1. The van der Waals surface area contributed by atoms with Crippen molar-refractivity contribution in [2.45, 2.75) is 104 Å². The summed E-state index contributed by atoms with van der Waals surface area (Å²) in [5.41, 5.74) is 1.10. The molecule has 36 heavy (non-hydrogen) atoms. The van der Waals surface area contributed by atoms with Crippen molar-refractivity contribution in [1.29, 1.82) is 0 Å². The topological polar surface area (TPSA) is 76.7 Å². The Morgan fingerprint density at radius 3 is 2.33 bits per heavy atom. The minimum Gasteiger partial charge on any atom is -0.404 e. The molecule has 3 saturated carbocycles. The standard InChI is InChI=1S/C29H45BN2O4/c1-18(2)15-25(30-35-24-17-21-16-23(28(21,5)6)29(24,7)36-30)32-27(34)22(31-26(33)19(3)4)14-13-20-11-9-8-10-12-20/h8-12,18-19,21-25H,13-17H2,1-7H3,(H,31,33)(H,32,34)/t21-,22+,23-,24?,25+,29-/m1/s1. The SMILES string of the molecule is CC(C)C[C@H](NC(=O)[C@H](CCc1ccccc1)NC(=O)C(C)C)B1OC2C[C@H]3C[C@H](C3(C)C)[C@@]2(C)O1. The molecular weight excluding hydrogens is 451 g/mol. The molecular formula is C29H45BN2O4. The van der Waals surface area contributed by atoms with Crippen LogP contribution in [-0.4, -0.2) is 42.6 Å². The highest BCUT2D eigenvalue weighted by atomic mass is 16.7. The van der Waals surface area contributed by atoms with Gasteiger partial charge in [-0.2, -0.15) is 0 Å². The highest BCUT2D eigenvalue weighted by Gasteiger charge is 2.68. The Bertz CT molecular complexity index is 936. The number of aryl methyl sites for hydroxylation is 1. The summed E-state index contributed by atoms with van der Waals surface area (Å²) in [6.07, 6.45) is 4.28. The molecule has 0 spiro atoms. The lowest BCUT2D eigenvalue weighted by Gasteiger charge is -2.64. The summed E-state index contributed by atoms with van der Waals surface area (Å²) < 4.78 is 13.2. The number of hydrogen-bond donors (Lipinski definition) is 2. The van der Waals surface area contributed by atoms with Crippen LogP contribution in [0.1, 0.15) is 79.7 Å². The maximum Gasteiger partial charge on any atom is 0.481 e. The first-order valence-corrected chi connectivity index (χ1v) is 13.9. The molecule has 1 aromatic rings. The predicted molar refractivity (Wildman–Crippen MR) is 143 cm³/mol. The van der Waals surface area contributed by atoms with Gasteiger partial charge in [0.1, 0.15) is 6.04 Å². The van der Waals surface area contributed by atoms with E-state index in [0.29, 0.717) is 30.6 Å². The first-order chi connectivity index (χ1) is 16.9. The largest absolute Gasteiger partial charge is 0.481 e. The minimum absolute atomic E-state index is 0.0698. The van der Waals surface area contributed by atoms with Gasteiger partial charge in [-0.1, -0.05) is 71.9 Å². The van der Waals surface area contributed by atoms with Gasteiger partial charge >= 0.3 is 7.12 Å². The molecule has 1 unspecified atom stereocenters. The van der Waals surface area contributed by atoms with E-state index >= 15 is 0 Å². The molecule has 7 heteroatoms. The zero-order valence-corrected chi connectivity index (χ0v) is 23.2. The lowest BCUT2D eigenvalue weighted by Crippen LogP contribution is -2.65. The second-order valence-electron chi connectivity index (χ2n) is 12.8. The number of amides is 2. The number of nitrogens with one attached hydrogen (secondary N) is 2. The average Bonchev–Trinajstić information content (AvgIpc) is 3.18. The van der Waals surface area contributed by atoms with E-state index < -0.39 is 13.2 Å². The quantitative estimate of drug-likeness (QED) is 0.466. The Hall–Kier alpha value is -1.86. The zero-order chi connectivity index (χ0) is 26.3. The summed E-state index contributed by atoms with van der Waals surface area (Å²) in [7, 11) is -0.475. The Morgan fingerprint density at radius 1 is 1.03 bits per heavy atom. The van der Waals surface area contributed by atoms with Crippen LogP contribution in [-0.2, 0) is 25.3 Å². The summed E-state index contributed by atoms with van der Waals surface area (Å²) in [5, 5.41) is 6.23. The van der Waals surface area contributed by atoms with Crippen LogP contribution in [0.15, 0.2) is 30.3 Å². The minimum atomic E-state index is -0.610. The van der Waals surface area contributed by atoms with E-state index in [2.05, 4.69) is 57.4 Å². The second kappa shape index (κ2) is 10.5. The number of hydrogen-bond acceptors (Lipinski definition) is 4. The van der Waals surface area contributed by atoms with Crippen molar-refractivity contribution < 1.29 is 18.9 Å². The van der Waals surface area contributed by atoms with Gasteiger partial charge in [0.15, 0.2) is 0 Å². The van der Waals surface area contributed by atoms with Gasteiger partial charge < -0.3 is 19.9 Å². The Balaban J connectivity index is 1.47. The third-order valence-electron chi connectivity index (χ3n) is 9.07. The maximum atomic E-state index is 13.6. The molecule has 6 atom stereocenters.